The molecule has 1 amide bonds. The number of benzene rings is 3. The molecule has 0 saturated heterocycles. The third-order valence-electron chi connectivity index (χ3n) is 5.38. The molecule has 5 aromatic rings. The second-order valence-electron chi connectivity index (χ2n) is 7.54. The van der Waals surface area contributed by atoms with Crippen molar-refractivity contribution in [2.45, 2.75) is 19.1 Å². The number of amides is 1. The SMILES string of the molecule is O=C(CCn1c2ccccc2c2nc3ccccc3nc21)Nc1ccc(Cl)c(C(F)(F)F)c1. The van der Waals surface area contributed by atoms with Gasteiger partial charge in [-0.3, -0.25) is 4.79 Å². The molecule has 0 bridgehead atoms. The molecule has 33 heavy (non-hydrogen) atoms. The lowest BCUT2D eigenvalue weighted by atomic mass is 10.2. The Morgan fingerprint density at radius 3 is 2.42 bits per heavy atom. The van der Waals surface area contributed by atoms with Gasteiger partial charge in [0.05, 0.1) is 27.1 Å². The molecular weight excluding hydrogens is 453 g/mol. The van der Waals surface area contributed by atoms with Crippen molar-refractivity contribution >= 4 is 56.3 Å². The Morgan fingerprint density at radius 2 is 1.67 bits per heavy atom. The summed E-state index contributed by atoms with van der Waals surface area (Å²) in [5.41, 5.74) is 2.80. The van der Waals surface area contributed by atoms with E-state index in [1.54, 1.807) is 0 Å². The van der Waals surface area contributed by atoms with Crippen molar-refractivity contribution in [1.29, 1.82) is 0 Å². The average molecular weight is 469 g/mol. The van der Waals surface area contributed by atoms with Gasteiger partial charge < -0.3 is 9.88 Å². The number of nitrogens with one attached hydrogen (secondary N) is 1. The van der Waals surface area contributed by atoms with Crippen LogP contribution in [-0.2, 0) is 17.5 Å². The van der Waals surface area contributed by atoms with Crippen molar-refractivity contribution in [3.63, 3.8) is 0 Å². The van der Waals surface area contributed by atoms with Crippen molar-refractivity contribution in [1.82, 2.24) is 14.5 Å². The summed E-state index contributed by atoms with van der Waals surface area (Å²) in [6.07, 6.45) is -4.57. The van der Waals surface area contributed by atoms with E-state index in [9.17, 15) is 18.0 Å². The fourth-order valence-corrected chi connectivity index (χ4v) is 4.09. The number of hydrogen-bond acceptors (Lipinski definition) is 3. The molecule has 0 saturated carbocycles. The minimum Gasteiger partial charge on any atom is -0.326 e. The summed E-state index contributed by atoms with van der Waals surface area (Å²) in [6.45, 7) is 0.280. The van der Waals surface area contributed by atoms with E-state index in [1.807, 2.05) is 53.1 Å². The van der Waals surface area contributed by atoms with Crippen LogP contribution in [0.4, 0.5) is 18.9 Å². The number of anilines is 1. The van der Waals surface area contributed by atoms with Gasteiger partial charge >= 0.3 is 6.18 Å². The number of nitrogens with zero attached hydrogens (tertiary/aromatic N) is 3. The molecular formula is C24H16ClF3N4O. The molecule has 0 aliphatic carbocycles. The summed E-state index contributed by atoms with van der Waals surface area (Å²) >= 11 is 5.65. The van der Waals surface area contributed by atoms with Gasteiger partial charge in [-0.2, -0.15) is 13.2 Å². The summed E-state index contributed by atoms with van der Waals surface area (Å²) in [7, 11) is 0. The molecule has 2 aromatic heterocycles. The van der Waals surface area contributed by atoms with Crippen molar-refractivity contribution in [3.05, 3.63) is 77.3 Å². The van der Waals surface area contributed by atoms with Crippen LogP contribution in [-0.4, -0.2) is 20.4 Å². The number of para-hydroxylation sites is 3. The van der Waals surface area contributed by atoms with Crippen LogP contribution < -0.4 is 5.32 Å². The van der Waals surface area contributed by atoms with Crippen LogP contribution in [0.2, 0.25) is 5.02 Å². The molecule has 0 aliphatic heterocycles. The monoisotopic (exact) mass is 468 g/mol. The number of carbonyl (C=O) groups excluding carboxylic acids is 1. The van der Waals surface area contributed by atoms with E-state index >= 15 is 0 Å². The van der Waals surface area contributed by atoms with Gasteiger partial charge in [0.25, 0.3) is 0 Å². The lowest BCUT2D eigenvalue weighted by Gasteiger charge is -2.12. The minimum atomic E-state index is -4.61. The second kappa shape index (κ2) is 8.04. The van der Waals surface area contributed by atoms with Gasteiger partial charge in [0.2, 0.25) is 5.91 Å². The number of fused-ring (bicyclic) bond motifs is 4. The first-order chi connectivity index (χ1) is 15.8. The quantitative estimate of drug-likeness (QED) is 0.330. The molecule has 9 heteroatoms. The molecule has 166 valence electrons. The number of aromatic nitrogens is 3. The van der Waals surface area contributed by atoms with Gasteiger partial charge in [-0.15, -0.1) is 0 Å². The molecule has 0 spiro atoms. The molecule has 5 rings (SSSR count). The van der Waals surface area contributed by atoms with Crippen LogP contribution in [0.25, 0.3) is 33.1 Å². The number of halogens is 4. The summed E-state index contributed by atoms with van der Waals surface area (Å²) in [4.78, 5) is 22.1. The van der Waals surface area contributed by atoms with Gasteiger partial charge in [-0.25, -0.2) is 9.97 Å². The van der Waals surface area contributed by atoms with Crippen LogP contribution in [0.3, 0.4) is 0 Å². The molecule has 0 atom stereocenters. The lowest BCUT2D eigenvalue weighted by Crippen LogP contribution is -2.15. The largest absolute Gasteiger partial charge is 0.417 e. The highest BCUT2D eigenvalue weighted by Crippen LogP contribution is 2.36. The smallest absolute Gasteiger partial charge is 0.326 e. The Labute approximate surface area is 190 Å². The summed E-state index contributed by atoms with van der Waals surface area (Å²) < 4.78 is 41.2. The first-order valence-corrected chi connectivity index (χ1v) is 10.5. The highest BCUT2D eigenvalue weighted by Gasteiger charge is 2.33. The van der Waals surface area contributed by atoms with Gasteiger partial charge in [-0.1, -0.05) is 41.9 Å². The van der Waals surface area contributed by atoms with Gasteiger partial charge in [0.1, 0.15) is 5.52 Å². The van der Waals surface area contributed by atoms with Crippen molar-refractivity contribution < 1.29 is 18.0 Å². The second-order valence-corrected chi connectivity index (χ2v) is 7.95. The topological polar surface area (TPSA) is 59.8 Å². The number of rotatable bonds is 4. The first kappa shape index (κ1) is 21.2. The maximum Gasteiger partial charge on any atom is 0.417 e. The zero-order chi connectivity index (χ0) is 23.2. The standard InChI is InChI=1S/C24H16ClF3N4O/c25-17-10-9-14(13-16(17)24(26,27)28)29-21(33)11-12-32-20-8-4-1-5-15(20)22-23(32)31-19-7-3-2-6-18(19)30-22/h1-10,13H,11-12H2,(H,29,33). The average Bonchev–Trinajstić information content (AvgIpc) is 3.09. The van der Waals surface area contributed by atoms with Gasteiger partial charge in [0, 0.05) is 24.0 Å². The van der Waals surface area contributed by atoms with Crippen LogP contribution in [0.5, 0.6) is 0 Å². The maximum atomic E-state index is 13.1. The van der Waals surface area contributed by atoms with E-state index < -0.39 is 22.7 Å². The van der Waals surface area contributed by atoms with Crippen molar-refractivity contribution in [3.8, 4) is 0 Å². The number of aryl methyl sites for hydroxylation is 1. The molecule has 5 nitrogen and oxygen atoms in total. The van der Waals surface area contributed by atoms with E-state index in [0.29, 0.717) is 5.65 Å². The van der Waals surface area contributed by atoms with E-state index in [4.69, 9.17) is 21.6 Å². The molecule has 0 unspecified atom stereocenters. The van der Waals surface area contributed by atoms with Crippen molar-refractivity contribution in [2.24, 2.45) is 0 Å². The Kier molecular flexibility index (Phi) is 5.17. The third kappa shape index (κ3) is 3.98. The Bertz CT molecular complexity index is 1530. The molecule has 3 aromatic carbocycles. The van der Waals surface area contributed by atoms with Crippen molar-refractivity contribution in [2.75, 3.05) is 5.32 Å². The van der Waals surface area contributed by atoms with E-state index in [1.165, 1.54) is 6.07 Å². The highest BCUT2D eigenvalue weighted by atomic mass is 35.5. The zero-order valence-electron chi connectivity index (χ0n) is 17.0. The summed E-state index contributed by atoms with van der Waals surface area (Å²) in [6, 6.07) is 18.5. The predicted molar refractivity (Wildman–Crippen MR) is 122 cm³/mol. The molecule has 0 fully saturated rings. The van der Waals surface area contributed by atoms with Crippen LogP contribution in [0.1, 0.15) is 12.0 Å². The van der Waals surface area contributed by atoms with Crippen LogP contribution in [0.15, 0.2) is 66.7 Å². The third-order valence-corrected chi connectivity index (χ3v) is 5.71. The van der Waals surface area contributed by atoms with E-state index in [-0.39, 0.29) is 18.7 Å². The molecule has 0 radical (unpaired) electrons. The fourth-order valence-electron chi connectivity index (χ4n) is 3.87. The predicted octanol–water partition coefficient (Wildman–Crippen LogP) is 6.44. The van der Waals surface area contributed by atoms with Gasteiger partial charge in [0.15, 0.2) is 5.65 Å². The normalized spacial score (nSPS) is 12.0. The Hall–Kier alpha value is -3.65. The zero-order valence-corrected chi connectivity index (χ0v) is 17.8. The number of carbonyl (C=O) groups is 1. The lowest BCUT2D eigenvalue weighted by molar-refractivity contribution is -0.137. The maximum absolute atomic E-state index is 13.1. The van der Waals surface area contributed by atoms with Crippen LogP contribution >= 0.6 is 11.6 Å². The summed E-state index contributed by atoms with van der Waals surface area (Å²) in [5, 5.41) is 3.02. The highest BCUT2D eigenvalue weighted by molar-refractivity contribution is 6.31. The van der Waals surface area contributed by atoms with Gasteiger partial charge in [-0.05, 0) is 36.4 Å². The Balaban J connectivity index is 1.45. The summed E-state index contributed by atoms with van der Waals surface area (Å²) in [5.74, 6) is -0.426. The molecule has 2 heterocycles. The minimum absolute atomic E-state index is 0.0322. The number of hydrogen-bond donors (Lipinski definition) is 1. The molecule has 0 aliphatic rings. The van der Waals surface area contributed by atoms with E-state index in [2.05, 4.69) is 5.32 Å². The number of alkyl halides is 3. The Morgan fingerprint density at radius 1 is 0.970 bits per heavy atom. The van der Waals surface area contributed by atoms with Crippen LogP contribution in [0, 0.1) is 0 Å². The van der Waals surface area contributed by atoms with E-state index in [0.717, 1.165) is 39.6 Å². The fraction of sp³-hybridized carbons (Fsp3) is 0.125. The molecule has 1 N–H and O–H groups in total. The first-order valence-electron chi connectivity index (χ1n) is 10.1.